The minimum Gasteiger partial charge on any atom is -0.464 e. The zero-order chi connectivity index (χ0) is 22.6. The summed E-state index contributed by atoms with van der Waals surface area (Å²) in [6.45, 7) is 6.21. The number of carbonyl (C=O) groups is 3. The number of hydrogen-bond donors (Lipinski definition) is 0. The molecular formula is C27H29NO4. The summed E-state index contributed by atoms with van der Waals surface area (Å²) in [7, 11) is 0. The molecule has 166 valence electrons. The number of hydrogen-bond acceptors (Lipinski definition) is 4. The molecule has 1 aliphatic heterocycles. The second kappa shape index (κ2) is 7.88. The van der Waals surface area contributed by atoms with E-state index in [4.69, 9.17) is 4.74 Å². The molecule has 2 bridgehead atoms. The molecule has 2 aromatic rings. The largest absolute Gasteiger partial charge is 0.464 e. The topological polar surface area (TPSA) is 63.7 Å². The monoisotopic (exact) mass is 431 g/mol. The number of carbonyl (C=O) groups excluding carboxylic acids is 3. The molecule has 5 nitrogen and oxygen atoms in total. The molecule has 3 aliphatic carbocycles. The lowest BCUT2D eigenvalue weighted by Gasteiger charge is -2.45. The number of imide groups is 1. The maximum absolute atomic E-state index is 13.9. The van der Waals surface area contributed by atoms with Crippen LogP contribution in [0.15, 0.2) is 48.5 Å². The fraction of sp³-hybridized carbons (Fsp3) is 0.444. The van der Waals surface area contributed by atoms with Crippen molar-refractivity contribution in [2.45, 2.75) is 51.5 Å². The Labute approximate surface area is 188 Å². The molecule has 0 radical (unpaired) electrons. The average molecular weight is 432 g/mol. The Morgan fingerprint density at radius 3 is 1.69 bits per heavy atom. The number of likely N-dealkylation sites (tertiary alicyclic amines) is 1. The van der Waals surface area contributed by atoms with E-state index in [-0.39, 0.29) is 29.6 Å². The van der Waals surface area contributed by atoms with Gasteiger partial charge in [-0.25, -0.2) is 4.79 Å². The third-order valence-corrected chi connectivity index (χ3v) is 7.21. The number of esters is 1. The van der Waals surface area contributed by atoms with Gasteiger partial charge in [0.1, 0.15) is 6.04 Å². The molecular weight excluding hydrogens is 402 g/mol. The van der Waals surface area contributed by atoms with Crippen LogP contribution in [-0.2, 0) is 19.1 Å². The highest BCUT2D eigenvalue weighted by atomic mass is 16.5. The van der Waals surface area contributed by atoms with Crippen molar-refractivity contribution in [2.75, 3.05) is 6.61 Å². The lowest BCUT2D eigenvalue weighted by molar-refractivity contribution is -0.159. The Morgan fingerprint density at radius 1 is 0.875 bits per heavy atom. The molecule has 2 aromatic carbocycles. The zero-order valence-corrected chi connectivity index (χ0v) is 18.8. The highest BCUT2D eigenvalue weighted by Gasteiger charge is 2.63. The van der Waals surface area contributed by atoms with Gasteiger partial charge < -0.3 is 4.74 Å². The number of ether oxygens (including phenoxy) is 1. The lowest BCUT2D eigenvalue weighted by Crippen LogP contribution is -2.47. The molecule has 0 N–H and O–H groups in total. The summed E-state index contributed by atoms with van der Waals surface area (Å²) in [5, 5.41) is 0. The van der Waals surface area contributed by atoms with Gasteiger partial charge >= 0.3 is 5.97 Å². The van der Waals surface area contributed by atoms with E-state index in [0.717, 1.165) is 22.3 Å². The lowest BCUT2D eigenvalue weighted by atomic mass is 9.55. The first-order chi connectivity index (χ1) is 15.5. The first-order valence-electron chi connectivity index (χ1n) is 11.7. The van der Waals surface area contributed by atoms with Gasteiger partial charge in [-0.15, -0.1) is 0 Å². The van der Waals surface area contributed by atoms with Crippen LogP contribution in [0.25, 0.3) is 0 Å². The van der Waals surface area contributed by atoms with E-state index in [0.29, 0.717) is 19.4 Å². The van der Waals surface area contributed by atoms with Gasteiger partial charge in [0.05, 0.1) is 18.4 Å². The van der Waals surface area contributed by atoms with E-state index >= 15 is 0 Å². The van der Waals surface area contributed by atoms with Crippen molar-refractivity contribution in [3.05, 3.63) is 70.8 Å². The molecule has 5 heteroatoms. The Kier molecular flexibility index (Phi) is 5.15. The molecule has 1 heterocycles. The van der Waals surface area contributed by atoms with Gasteiger partial charge in [0, 0.05) is 11.8 Å². The van der Waals surface area contributed by atoms with Gasteiger partial charge in [0.2, 0.25) is 11.8 Å². The fourth-order valence-electron chi connectivity index (χ4n) is 6.06. The SMILES string of the molecule is CCCOC(=O)[C@H](CC(C)C)N1C(=O)[C@@H]2C3c4ccccc4C(c4ccccc43)[C@H]2C1=O. The predicted octanol–water partition coefficient (Wildman–Crippen LogP) is 4.25. The van der Waals surface area contributed by atoms with Crippen LogP contribution in [0.1, 0.15) is 67.7 Å². The molecule has 6 rings (SSSR count). The van der Waals surface area contributed by atoms with Gasteiger partial charge in [-0.05, 0) is 41.0 Å². The molecule has 4 aliphatic rings. The Morgan fingerprint density at radius 2 is 1.31 bits per heavy atom. The number of benzene rings is 2. The van der Waals surface area contributed by atoms with E-state index in [9.17, 15) is 14.4 Å². The number of amides is 2. The normalized spacial score (nSPS) is 26.1. The van der Waals surface area contributed by atoms with E-state index < -0.39 is 23.8 Å². The Hall–Kier alpha value is -2.95. The van der Waals surface area contributed by atoms with Crippen molar-refractivity contribution in [3.63, 3.8) is 0 Å². The smallest absolute Gasteiger partial charge is 0.329 e. The zero-order valence-electron chi connectivity index (χ0n) is 18.8. The first-order valence-corrected chi connectivity index (χ1v) is 11.7. The Bertz CT molecular complexity index is 975. The molecule has 1 fully saturated rings. The van der Waals surface area contributed by atoms with Crippen LogP contribution in [0.5, 0.6) is 0 Å². The van der Waals surface area contributed by atoms with Crippen molar-refractivity contribution in [1.82, 2.24) is 4.90 Å². The summed E-state index contributed by atoms with van der Waals surface area (Å²) < 4.78 is 5.42. The maximum Gasteiger partial charge on any atom is 0.329 e. The molecule has 0 spiro atoms. The van der Waals surface area contributed by atoms with E-state index in [1.165, 1.54) is 4.90 Å². The van der Waals surface area contributed by atoms with Gasteiger partial charge in [-0.1, -0.05) is 69.3 Å². The average Bonchev–Trinajstić information content (AvgIpc) is 3.06. The number of rotatable bonds is 6. The van der Waals surface area contributed by atoms with Crippen LogP contribution >= 0.6 is 0 Å². The molecule has 0 aromatic heterocycles. The van der Waals surface area contributed by atoms with E-state index in [1.807, 2.05) is 45.0 Å². The van der Waals surface area contributed by atoms with Gasteiger partial charge in [-0.3, -0.25) is 14.5 Å². The molecule has 3 atom stereocenters. The van der Waals surface area contributed by atoms with Gasteiger partial charge in [0.25, 0.3) is 0 Å². The van der Waals surface area contributed by atoms with Crippen molar-refractivity contribution in [3.8, 4) is 0 Å². The summed E-state index contributed by atoms with van der Waals surface area (Å²) >= 11 is 0. The standard InChI is InChI=1S/C27H29NO4/c1-4-13-32-27(31)20(14-15(2)3)28-25(29)23-21-16-9-5-6-10-17(16)22(24(23)26(28)30)19-12-8-7-11-18(19)21/h5-12,15,20-24H,4,13-14H2,1-3H3/t20-,21?,22?,23+,24+/m0/s1. The quantitative estimate of drug-likeness (QED) is 0.507. The van der Waals surface area contributed by atoms with Crippen LogP contribution in [0.4, 0.5) is 0 Å². The number of nitrogens with zero attached hydrogens (tertiary/aromatic N) is 1. The second-order valence-corrected chi connectivity index (χ2v) is 9.62. The van der Waals surface area contributed by atoms with Crippen LogP contribution in [-0.4, -0.2) is 35.3 Å². The van der Waals surface area contributed by atoms with Gasteiger partial charge in [0.15, 0.2) is 0 Å². The van der Waals surface area contributed by atoms with Crippen molar-refractivity contribution in [1.29, 1.82) is 0 Å². The van der Waals surface area contributed by atoms with E-state index in [1.54, 1.807) is 0 Å². The fourth-order valence-corrected chi connectivity index (χ4v) is 6.06. The van der Waals surface area contributed by atoms with Crippen LogP contribution < -0.4 is 0 Å². The van der Waals surface area contributed by atoms with E-state index in [2.05, 4.69) is 24.3 Å². The summed E-state index contributed by atoms with van der Waals surface area (Å²) in [6, 6.07) is 15.5. The van der Waals surface area contributed by atoms with Crippen LogP contribution in [0.3, 0.4) is 0 Å². The third kappa shape index (κ3) is 2.94. The summed E-state index contributed by atoms with van der Waals surface area (Å²) in [5.74, 6) is -2.03. The van der Waals surface area contributed by atoms with Crippen molar-refractivity contribution < 1.29 is 19.1 Å². The van der Waals surface area contributed by atoms with Crippen molar-refractivity contribution >= 4 is 17.8 Å². The first kappa shape index (κ1) is 20.9. The maximum atomic E-state index is 13.9. The molecule has 0 saturated carbocycles. The second-order valence-electron chi connectivity index (χ2n) is 9.62. The minimum atomic E-state index is -0.863. The third-order valence-electron chi connectivity index (χ3n) is 7.21. The molecule has 1 saturated heterocycles. The highest BCUT2D eigenvalue weighted by molar-refractivity contribution is 6.10. The minimum absolute atomic E-state index is 0.142. The predicted molar refractivity (Wildman–Crippen MR) is 120 cm³/mol. The molecule has 0 unspecified atom stereocenters. The molecule has 2 amide bonds. The highest BCUT2D eigenvalue weighted by Crippen LogP contribution is 2.61. The Balaban J connectivity index is 1.60. The van der Waals surface area contributed by atoms with Crippen LogP contribution in [0, 0.1) is 17.8 Å². The van der Waals surface area contributed by atoms with Gasteiger partial charge in [-0.2, -0.15) is 0 Å². The van der Waals surface area contributed by atoms with Crippen molar-refractivity contribution in [2.24, 2.45) is 17.8 Å². The molecule has 32 heavy (non-hydrogen) atoms. The van der Waals surface area contributed by atoms with Crippen LogP contribution in [0.2, 0.25) is 0 Å². The summed E-state index contributed by atoms with van der Waals surface area (Å²) in [6.07, 6.45) is 1.11. The summed E-state index contributed by atoms with van der Waals surface area (Å²) in [4.78, 5) is 42.0. The summed E-state index contributed by atoms with van der Waals surface area (Å²) in [5.41, 5.74) is 4.53.